The molecule has 4 nitrogen and oxygen atoms in total. The number of hydrogen-bond donors (Lipinski definition) is 0. The normalized spacial score (nSPS) is 11.2. The molecule has 1 aromatic rings. The van der Waals surface area contributed by atoms with Crippen molar-refractivity contribution in [3.63, 3.8) is 0 Å². The molecule has 0 fully saturated rings. The molecule has 0 atom stereocenters. The molecule has 0 radical (unpaired) electrons. The Bertz CT molecular complexity index is 582. The summed E-state index contributed by atoms with van der Waals surface area (Å²) in [7, 11) is -3.93. The minimum Gasteiger partial charge on any atom is -0.298 e. The summed E-state index contributed by atoms with van der Waals surface area (Å²) in [6, 6.07) is 6.90. The fraction of sp³-hybridized carbons (Fsp3) is 0.312. The highest BCUT2D eigenvalue weighted by Crippen LogP contribution is 2.52. The Labute approximate surface area is 126 Å². The van der Waals surface area contributed by atoms with Gasteiger partial charge in [0.15, 0.2) is 0 Å². The fourth-order valence-corrected chi connectivity index (χ4v) is 3.14. The lowest BCUT2D eigenvalue weighted by Crippen LogP contribution is -2.11. The molecule has 0 amide bonds. The van der Waals surface area contributed by atoms with Crippen molar-refractivity contribution in [2.75, 3.05) is 13.2 Å². The van der Waals surface area contributed by atoms with Crippen molar-refractivity contribution < 1.29 is 18.4 Å². The van der Waals surface area contributed by atoms with Crippen molar-refractivity contribution in [3.05, 3.63) is 59.7 Å². The van der Waals surface area contributed by atoms with Gasteiger partial charge in [0.2, 0.25) is 0 Å². The third-order valence-electron chi connectivity index (χ3n) is 2.59. The van der Waals surface area contributed by atoms with Gasteiger partial charge in [-0.1, -0.05) is 48.6 Å². The number of rotatable bonds is 8. The Balaban J connectivity index is 3.07. The minimum atomic E-state index is -3.93. The van der Waals surface area contributed by atoms with Gasteiger partial charge in [-0.05, 0) is 26.3 Å². The average molecular weight is 308 g/mol. The highest BCUT2D eigenvalue weighted by molar-refractivity contribution is 7.72. The number of aryl methyl sites for hydroxylation is 1. The number of hydrogen-bond acceptors (Lipinski definition) is 4. The van der Waals surface area contributed by atoms with Crippen LogP contribution in [0.25, 0.3) is 0 Å². The molecule has 0 aliphatic heterocycles. The van der Waals surface area contributed by atoms with Crippen LogP contribution in [-0.4, -0.2) is 18.7 Å². The maximum Gasteiger partial charge on any atom is 0.402 e. The number of carbonyl (C=O) groups excluding carboxylic acids is 1. The largest absolute Gasteiger partial charge is 0.402 e. The van der Waals surface area contributed by atoms with Gasteiger partial charge in [-0.15, -0.1) is 0 Å². The molecule has 0 heterocycles. The van der Waals surface area contributed by atoms with E-state index in [9.17, 15) is 9.36 Å². The molecule has 1 rings (SSSR count). The summed E-state index contributed by atoms with van der Waals surface area (Å²) in [5.41, 5.74) is 1.74. The molecule has 5 heteroatoms. The van der Waals surface area contributed by atoms with Crippen molar-refractivity contribution in [2.45, 2.75) is 20.8 Å². The van der Waals surface area contributed by atoms with Crippen molar-refractivity contribution in [2.24, 2.45) is 0 Å². The van der Waals surface area contributed by atoms with Gasteiger partial charge < -0.3 is 0 Å². The van der Waals surface area contributed by atoms with Crippen LogP contribution in [0.2, 0.25) is 0 Å². The summed E-state index contributed by atoms with van der Waals surface area (Å²) < 4.78 is 23.3. The summed E-state index contributed by atoms with van der Waals surface area (Å²) in [6.45, 7) is 12.6. The van der Waals surface area contributed by atoms with Crippen LogP contribution in [-0.2, 0) is 13.6 Å². The third kappa shape index (κ3) is 5.09. The molecule has 0 saturated carbocycles. The van der Waals surface area contributed by atoms with Crippen molar-refractivity contribution in [1.29, 1.82) is 0 Å². The zero-order valence-electron chi connectivity index (χ0n) is 12.7. The van der Waals surface area contributed by atoms with Gasteiger partial charge in [-0.3, -0.25) is 18.4 Å². The Morgan fingerprint density at radius 2 is 1.57 bits per heavy atom. The number of benzene rings is 1. The molecule has 0 aliphatic rings. The van der Waals surface area contributed by atoms with E-state index in [1.165, 1.54) is 0 Å². The summed E-state index contributed by atoms with van der Waals surface area (Å²) in [5, 5.41) is 0. The summed E-state index contributed by atoms with van der Waals surface area (Å²) in [5.74, 6) is 0. The molecule has 0 saturated heterocycles. The van der Waals surface area contributed by atoms with E-state index in [0.29, 0.717) is 16.7 Å². The smallest absolute Gasteiger partial charge is 0.298 e. The standard InChI is InChI=1S/C16H21O4P/c1-12(2)10-19-21(18,20-11-13(3)4)16(17)15-9-7-6-8-14(15)5/h6-9H,1,3,10-11H2,2,4-5H3. The van der Waals surface area contributed by atoms with E-state index in [4.69, 9.17) is 9.05 Å². The molecule has 0 N–H and O–H groups in total. The summed E-state index contributed by atoms with van der Waals surface area (Å²) in [4.78, 5) is 12.5. The molecule has 0 unspecified atom stereocenters. The predicted octanol–water partition coefficient (Wildman–Crippen LogP) is 4.51. The lowest BCUT2D eigenvalue weighted by molar-refractivity contribution is 0.101. The van der Waals surface area contributed by atoms with Crippen LogP contribution in [0.5, 0.6) is 0 Å². The second-order valence-electron chi connectivity index (χ2n) is 5.08. The second-order valence-corrected chi connectivity index (χ2v) is 7.00. The molecule has 21 heavy (non-hydrogen) atoms. The van der Waals surface area contributed by atoms with E-state index in [-0.39, 0.29) is 13.2 Å². The van der Waals surface area contributed by atoms with E-state index in [1.807, 2.05) is 0 Å². The Morgan fingerprint density at radius 1 is 1.10 bits per heavy atom. The summed E-state index contributed by atoms with van der Waals surface area (Å²) >= 11 is 0. The summed E-state index contributed by atoms with van der Waals surface area (Å²) in [6.07, 6.45) is 0. The Morgan fingerprint density at radius 3 is 2.00 bits per heavy atom. The average Bonchev–Trinajstić information content (AvgIpc) is 2.42. The first-order chi connectivity index (χ1) is 9.76. The predicted molar refractivity (Wildman–Crippen MR) is 84.6 cm³/mol. The van der Waals surface area contributed by atoms with Gasteiger partial charge in [-0.2, -0.15) is 0 Å². The van der Waals surface area contributed by atoms with E-state index >= 15 is 0 Å². The van der Waals surface area contributed by atoms with Gasteiger partial charge in [-0.25, -0.2) is 0 Å². The molecular formula is C16H21O4P. The molecule has 1 aromatic carbocycles. The first-order valence-corrected chi connectivity index (χ1v) is 8.09. The molecular weight excluding hydrogens is 287 g/mol. The van der Waals surface area contributed by atoms with Gasteiger partial charge >= 0.3 is 7.60 Å². The molecule has 0 bridgehead atoms. The number of carbonyl (C=O) groups is 1. The van der Waals surface area contributed by atoms with Crippen LogP contribution in [0, 0.1) is 6.92 Å². The zero-order valence-corrected chi connectivity index (χ0v) is 13.6. The topological polar surface area (TPSA) is 52.6 Å². The minimum absolute atomic E-state index is 0.00505. The monoisotopic (exact) mass is 308 g/mol. The van der Waals surface area contributed by atoms with Crippen LogP contribution in [0.1, 0.15) is 29.8 Å². The first-order valence-electron chi connectivity index (χ1n) is 6.54. The quantitative estimate of drug-likeness (QED) is 0.523. The fourth-order valence-electron chi connectivity index (χ4n) is 1.51. The first kappa shape index (κ1) is 17.6. The zero-order chi connectivity index (χ0) is 16.0. The van der Waals surface area contributed by atoms with E-state index < -0.39 is 13.1 Å². The van der Waals surface area contributed by atoms with Crippen LogP contribution in [0.4, 0.5) is 0 Å². The Kier molecular flexibility index (Phi) is 6.28. The van der Waals surface area contributed by atoms with Gasteiger partial charge in [0.1, 0.15) is 0 Å². The van der Waals surface area contributed by atoms with Gasteiger partial charge in [0.05, 0.1) is 13.2 Å². The van der Waals surface area contributed by atoms with Crippen molar-refractivity contribution >= 4 is 13.1 Å². The van der Waals surface area contributed by atoms with Crippen LogP contribution in [0.15, 0.2) is 48.6 Å². The molecule has 0 spiro atoms. The lowest BCUT2D eigenvalue weighted by Gasteiger charge is -2.18. The SMILES string of the molecule is C=C(C)COP(=O)(OCC(=C)C)C(=O)c1ccccc1C. The molecule has 114 valence electrons. The van der Waals surface area contributed by atoms with Crippen molar-refractivity contribution in [1.82, 2.24) is 0 Å². The highest BCUT2D eigenvalue weighted by Gasteiger charge is 2.36. The van der Waals surface area contributed by atoms with E-state index in [2.05, 4.69) is 13.2 Å². The Hall–Kier alpha value is -1.48. The molecule has 0 aromatic heterocycles. The maximum absolute atomic E-state index is 12.8. The van der Waals surface area contributed by atoms with Gasteiger partial charge in [0, 0.05) is 5.56 Å². The third-order valence-corrected chi connectivity index (χ3v) is 4.26. The van der Waals surface area contributed by atoms with Crippen LogP contribution in [0.3, 0.4) is 0 Å². The van der Waals surface area contributed by atoms with Crippen molar-refractivity contribution in [3.8, 4) is 0 Å². The van der Waals surface area contributed by atoms with E-state index in [0.717, 1.165) is 5.56 Å². The highest BCUT2D eigenvalue weighted by atomic mass is 31.2. The second kappa shape index (κ2) is 7.51. The maximum atomic E-state index is 12.8. The van der Waals surface area contributed by atoms with Crippen LogP contribution < -0.4 is 0 Å². The van der Waals surface area contributed by atoms with Gasteiger partial charge in [0.25, 0.3) is 5.52 Å². The lowest BCUT2D eigenvalue weighted by atomic mass is 10.1. The van der Waals surface area contributed by atoms with Crippen LogP contribution >= 0.6 is 7.60 Å². The molecule has 0 aliphatic carbocycles. The van der Waals surface area contributed by atoms with E-state index in [1.54, 1.807) is 45.0 Å².